The predicted molar refractivity (Wildman–Crippen MR) is 72.3 cm³/mol. The third-order valence-corrected chi connectivity index (χ3v) is 3.11. The molecule has 2 heterocycles. The molecular formula is C13H9BrN4. The molecule has 0 spiro atoms. The molecule has 0 atom stereocenters. The van der Waals surface area contributed by atoms with E-state index in [2.05, 4.69) is 43.1 Å². The number of nitrogens with zero attached hydrogens (tertiary/aromatic N) is 4. The van der Waals surface area contributed by atoms with Crippen molar-refractivity contribution in [1.82, 2.24) is 19.7 Å². The summed E-state index contributed by atoms with van der Waals surface area (Å²) in [5.74, 6) is 0.729. The SMILES string of the molecule is Brc1cncnc1-n1cc(-c2ccccc2)cn1. The van der Waals surface area contributed by atoms with Gasteiger partial charge in [0.2, 0.25) is 0 Å². The molecular weight excluding hydrogens is 292 g/mol. The van der Waals surface area contributed by atoms with Gasteiger partial charge < -0.3 is 0 Å². The van der Waals surface area contributed by atoms with Gasteiger partial charge in [0.05, 0.1) is 10.7 Å². The van der Waals surface area contributed by atoms with E-state index in [1.807, 2.05) is 30.6 Å². The van der Waals surface area contributed by atoms with Gasteiger partial charge in [-0.2, -0.15) is 5.10 Å². The Bertz CT molecular complexity index is 664. The number of halogens is 1. The van der Waals surface area contributed by atoms with Crippen LogP contribution in [0.2, 0.25) is 0 Å². The number of hydrogen-bond acceptors (Lipinski definition) is 3. The molecule has 2 aromatic heterocycles. The van der Waals surface area contributed by atoms with E-state index < -0.39 is 0 Å². The Morgan fingerprint density at radius 1 is 1.00 bits per heavy atom. The van der Waals surface area contributed by atoms with Crippen molar-refractivity contribution >= 4 is 15.9 Å². The average Bonchev–Trinajstić information content (AvgIpc) is 2.90. The maximum absolute atomic E-state index is 4.32. The standard InChI is InChI=1S/C13H9BrN4/c14-12-7-15-9-16-13(12)18-8-11(6-17-18)10-4-2-1-3-5-10/h1-9H. The van der Waals surface area contributed by atoms with Gasteiger partial charge in [0.15, 0.2) is 5.82 Å². The molecule has 0 N–H and O–H groups in total. The van der Waals surface area contributed by atoms with E-state index in [9.17, 15) is 0 Å². The van der Waals surface area contributed by atoms with Crippen LogP contribution in [0, 0.1) is 0 Å². The molecule has 0 saturated carbocycles. The summed E-state index contributed by atoms with van der Waals surface area (Å²) < 4.78 is 2.54. The first-order chi connectivity index (χ1) is 8.84. The first-order valence-electron chi connectivity index (χ1n) is 5.40. The highest BCUT2D eigenvalue weighted by Gasteiger charge is 2.06. The van der Waals surface area contributed by atoms with Gasteiger partial charge in [-0.25, -0.2) is 14.6 Å². The Kier molecular flexibility index (Phi) is 2.90. The molecule has 88 valence electrons. The molecule has 18 heavy (non-hydrogen) atoms. The van der Waals surface area contributed by atoms with Gasteiger partial charge in [-0.3, -0.25) is 0 Å². The average molecular weight is 301 g/mol. The van der Waals surface area contributed by atoms with E-state index in [-0.39, 0.29) is 0 Å². The van der Waals surface area contributed by atoms with Gasteiger partial charge >= 0.3 is 0 Å². The van der Waals surface area contributed by atoms with Crippen molar-refractivity contribution in [2.45, 2.75) is 0 Å². The van der Waals surface area contributed by atoms with Crippen LogP contribution in [0.15, 0.2) is 59.7 Å². The summed E-state index contributed by atoms with van der Waals surface area (Å²) in [5, 5.41) is 4.32. The Balaban J connectivity index is 2.03. The third-order valence-electron chi connectivity index (χ3n) is 2.55. The van der Waals surface area contributed by atoms with E-state index in [0.29, 0.717) is 0 Å². The van der Waals surface area contributed by atoms with Gasteiger partial charge in [-0.05, 0) is 21.5 Å². The molecule has 0 radical (unpaired) electrons. The van der Waals surface area contributed by atoms with Gasteiger partial charge in [0.1, 0.15) is 6.33 Å². The lowest BCUT2D eigenvalue weighted by atomic mass is 10.1. The number of benzene rings is 1. The maximum atomic E-state index is 4.32. The number of rotatable bonds is 2. The Hall–Kier alpha value is -2.01. The molecule has 0 fully saturated rings. The maximum Gasteiger partial charge on any atom is 0.170 e. The molecule has 0 aliphatic rings. The zero-order valence-corrected chi connectivity index (χ0v) is 10.9. The fourth-order valence-corrected chi connectivity index (χ4v) is 2.10. The van der Waals surface area contributed by atoms with Gasteiger partial charge in [0, 0.05) is 18.0 Å². The lowest BCUT2D eigenvalue weighted by Gasteiger charge is -2.01. The highest BCUT2D eigenvalue weighted by atomic mass is 79.9. The zero-order chi connectivity index (χ0) is 12.4. The van der Waals surface area contributed by atoms with Crippen LogP contribution in [0.25, 0.3) is 16.9 Å². The van der Waals surface area contributed by atoms with Crippen LogP contribution in [-0.4, -0.2) is 19.7 Å². The van der Waals surface area contributed by atoms with Crippen molar-refractivity contribution in [2.75, 3.05) is 0 Å². The minimum atomic E-state index is 0.729. The van der Waals surface area contributed by atoms with Crippen LogP contribution < -0.4 is 0 Å². The molecule has 0 bridgehead atoms. The summed E-state index contributed by atoms with van der Waals surface area (Å²) in [6.45, 7) is 0. The molecule has 0 unspecified atom stereocenters. The Morgan fingerprint density at radius 2 is 1.83 bits per heavy atom. The van der Waals surface area contributed by atoms with Crippen LogP contribution in [0.5, 0.6) is 0 Å². The molecule has 0 saturated heterocycles. The van der Waals surface area contributed by atoms with Crippen molar-refractivity contribution in [1.29, 1.82) is 0 Å². The predicted octanol–water partition coefficient (Wildman–Crippen LogP) is 3.09. The van der Waals surface area contributed by atoms with E-state index in [1.54, 1.807) is 10.9 Å². The first kappa shape index (κ1) is 11.1. The monoisotopic (exact) mass is 300 g/mol. The summed E-state index contributed by atoms with van der Waals surface area (Å²) in [6, 6.07) is 10.1. The molecule has 3 rings (SSSR count). The van der Waals surface area contributed by atoms with E-state index in [0.717, 1.165) is 21.4 Å². The molecule has 1 aromatic carbocycles. The van der Waals surface area contributed by atoms with E-state index in [1.165, 1.54) is 6.33 Å². The van der Waals surface area contributed by atoms with E-state index >= 15 is 0 Å². The summed E-state index contributed by atoms with van der Waals surface area (Å²) >= 11 is 3.41. The normalized spacial score (nSPS) is 10.5. The minimum Gasteiger partial charge on any atom is -0.243 e. The summed E-state index contributed by atoms with van der Waals surface area (Å²) in [4.78, 5) is 8.13. The quantitative estimate of drug-likeness (QED) is 0.730. The lowest BCUT2D eigenvalue weighted by molar-refractivity contribution is 0.833. The van der Waals surface area contributed by atoms with Crippen molar-refractivity contribution in [3.8, 4) is 16.9 Å². The van der Waals surface area contributed by atoms with Gasteiger partial charge in [0.25, 0.3) is 0 Å². The zero-order valence-electron chi connectivity index (χ0n) is 9.36. The van der Waals surface area contributed by atoms with Crippen molar-refractivity contribution in [2.24, 2.45) is 0 Å². The molecule has 5 heteroatoms. The smallest absolute Gasteiger partial charge is 0.170 e. The van der Waals surface area contributed by atoms with Gasteiger partial charge in [-0.1, -0.05) is 30.3 Å². The molecule has 0 aliphatic carbocycles. The van der Waals surface area contributed by atoms with Crippen molar-refractivity contribution in [3.63, 3.8) is 0 Å². The second kappa shape index (κ2) is 4.70. The summed E-state index contributed by atoms with van der Waals surface area (Å²) in [5.41, 5.74) is 2.19. The lowest BCUT2D eigenvalue weighted by Crippen LogP contribution is -1.99. The fourth-order valence-electron chi connectivity index (χ4n) is 1.69. The first-order valence-corrected chi connectivity index (χ1v) is 6.20. The fraction of sp³-hybridized carbons (Fsp3) is 0. The van der Waals surface area contributed by atoms with Crippen LogP contribution >= 0.6 is 15.9 Å². The molecule has 0 aliphatic heterocycles. The Morgan fingerprint density at radius 3 is 2.61 bits per heavy atom. The van der Waals surface area contributed by atoms with Crippen LogP contribution in [0.3, 0.4) is 0 Å². The van der Waals surface area contributed by atoms with Crippen LogP contribution in [0.4, 0.5) is 0 Å². The second-order valence-corrected chi connectivity index (χ2v) is 4.59. The van der Waals surface area contributed by atoms with Crippen molar-refractivity contribution in [3.05, 3.63) is 59.7 Å². The molecule has 3 aromatic rings. The molecule has 0 amide bonds. The molecule has 4 nitrogen and oxygen atoms in total. The number of hydrogen-bond donors (Lipinski definition) is 0. The Labute approximate surface area is 112 Å². The third kappa shape index (κ3) is 2.04. The van der Waals surface area contributed by atoms with Crippen molar-refractivity contribution < 1.29 is 0 Å². The van der Waals surface area contributed by atoms with E-state index in [4.69, 9.17) is 0 Å². The minimum absolute atomic E-state index is 0.729. The van der Waals surface area contributed by atoms with Crippen LogP contribution in [-0.2, 0) is 0 Å². The largest absolute Gasteiger partial charge is 0.243 e. The number of aromatic nitrogens is 4. The highest BCUT2D eigenvalue weighted by Crippen LogP contribution is 2.21. The topological polar surface area (TPSA) is 43.6 Å². The van der Waals surface area contributed by atoms with Gasteiger partial charge in [-0.15, -0.1) is 0 Å². The summed E-state index contributed by atoms with van der Waals surface area (Å²) in [7, 11) is 0. The van der Waals surface area contributed by atoms with Crippen LogP contribution in [0.1, 0.15) is 0 Å². The highest BCUT2D eigenvalue weighted by molar-refractivity contribution is 9.10. The second-order valence-electron chi connectivity index (χ2n) is 3.73. The summed E-state index contributed by atoms with van der Waals surface area (Å²) in [6.07, 6.45) is 6.97.